The zero-order valence-electron chi connectivity index (χ0n) is 37.3. The van der Waals surface area contributed by atoms with Crippen molar-refractivity contribution in [3.63, 3.8) is 0 Å². The van der Waals surface area contributed by atoms with Gasteiger partial charge in [-0.25, -0.2) is 14.4 Å². The molecule has 22 nitrogen and oxygen atoms in total. The van der Waals surface area contributed by atoms with Crippen molar-refractivity contribution in [1.29, 1.82) is 0 Å². The highest BCUT2D eigenvalue weighted by Crippen LogP contribution is 2.36. The van der Waals surface area contributed by atoms with Crippen LogP contribution in [0.4, 0.5) is 4.79 Å². The van der Waals surface area contributed by atoms with Crippen LogP contribution in [0, 0.1) is 0 Å². The van der Waals surface area contributed by atoms with Gasteiger partial charge < -0.3 is 60.2 Å². The van der Waals surface area contributed by atoms with Crippen LogP contribution in [0.3, 0.4) is 0 Å². The molecule has 4 rings (SSSR count). The molecule has 9 N–H and O–H groups in total. The molecule has 0 aliphatic carbocycles. The molecule has 358 valence electrons. The smallest absolute Gasteiger partial charge is 0.407 e. The number of imidazole rings is 1. The highest BCUT2D eigenvalue weighted by atomic mass is 16.7. The molecule has 22 heteroatoms. The second-order valence-electron chi connectivity index (χ2n) is 17.4. The monoisotopic (exact) mass is 899 g/mol. The number of aromatic nitrogens is 4. The summed E-state index contributed by atoms with van der Waals surface area (Å²) < 4.78 is 26.4. The number of unbranched alkanes of at least 4 members (excludes halogenated alkanes) is 9. The zero-order chi connectivity index (χ0) is 46.8. The number of nitrogens with one attached hydrogen (secondary N) is 3. The van der Waals surface area contributed by atoms with Gasteiger partial charge in [0.15, 0.2) is 12.5 Å². The number of hydrogen-bond donors (Lipinski definition) is 9. The maximum atomic E-state index is 13.9. The van der Waals surface area contributed by atoms with Crippen molar-refractivity contribution in [3.8, 4) is 5.88 Å². The molecule has 11 atom stereocenters. The highest BCUT2D eigenvalue weighted by molar-refractivity contribution is 5.82. The zero-order valence-corrected chi connectivity index (χ0v) is 37.3. The van der Waals surface area contributed by atoms with Crippen LogP contribution in [0.25, 0.3) is 0 Å². The maximum absolute atomic E-state index is 13.9. The Bertz CT molecular complexity index is 1960. The number of nitrogens with zero attached hydrogens (tertiary/aromatic N) is 4. The summed E-state index contributed by atoms with van der Waals surface area (Å²) >= 11 is 0. The molecule has 2 aromatic rings. The third kappa shape index (κ3) is 13.2. The number of aliphatic hydroxyl groups is 5. The maximum Gasteiger partial charge on any atom is 0.407 e. The fraction of sp³-hybridized carbons (Fsp3) is 0.780. The lowest BCUT2D eigenvalue weighted by molar-refractivity contribution is -0.233. The normalized spacial score (nSPS) is 25.3. The molecule has 63 heavy (non-hydrogen) atoms. The highest BCUT2D eigenvalue weighted by Gasteiger charge is 2.55. The number of likely N-dealkylation sites (N-methyl/N-ethyl adjacent to an activating group) is 2. The molecule has 2 aliphatic heterocycles. The molecule has 2 amide bonds. The van der Waals surface area contributed by atoms with Gasteiger partial charge in [0.05, 0.1) is 0 Å². The number of rotatable bonds is 23. The van der Waals surface area contributed by atoms with E-state index in [1.807, 2.05) is 4.98 Å². The Morgan fingerprint density at radius 3 is 2.14 bits per heavy atom. The summed E-state index contributed by atoms with van der Waals surface area (Å²) in [5, 5.41) is 72.6. The molecule has 4 heterocycles. The molecule has 2 aliphatic rings. The van der Waals surface area contributed by atoms with E-state index in [4.69, 9.17) is 18.9 Å². The number of aliphatic hydroxyl groups excluding tert-OH is 5. The lowest BCUT2D eigenvalue weighted by Gasteiger charge is -2.38. The summed E-state index contributed by atoms with van der Waals surface area (Å²) in [4.78, 5) is 67.4. The van der Waals surface area contributed by atoms with Crippen LogP contribution in [0.5, 0.6) is 5.88 Å². The van der Waals surface area contributed by atoms with Gasteiger partial charge in [-0.15, -0.1) is 0 Å². The third-order valence-corrected chi connectivity index (χ3v) is 11.4. The van der Waals surface area contributed by atoms with Gasteiger partial charge in [0.2, 0.25) is 11.8 Å². The van der Waals surface area contributed by atoms with Gasteiger partial charge in [0, 0.05) is 46.0 Å². The van der Waals surface area contributed by atoms with E-state index in [9.17, 15) is 54.6 Å². The summed E-state index contributed by atoms with van der Waals surface area (Å²) in [6, 6.07) is -0.626. The predicted molar refractivity (Wildman–Crippen MR) is 226 cm³/mol. The minimum absolute atomic E-state index is 0.143. The topological polar surface area (TPSA) is 302 Å². The minimum Gasteiger partial charge on any atom is -0.493 e. The Morgan fingerprint density at radius 1 is 0.937 bits per heavy atom. The van der Waals surface area contributed by atoms with Crippen LogP contribution in [0.1, 0.15) is 110 Å². The lowest BCUT2D eigenvalue weighted by Crippen LogP contribution is -2.60. The van der Waals surface area contributed by atoms with E-state index in [0.717, 1.165) is 47.1 Å². The van der Waals surface area contributed by atoms with Crippen molar-refractivity contribution in [2.24, 2.45) is 7.05 Å². The molecule has 0 spiro atoms. The van der Waals surface area contributed by atoms with Crippen LogP contribution < -0.4 is 27.6 Å². The van der Waals surface area contributed by atoms with Crippen molar-refractivity contribution in [2.75, 3.05) is 27.2 Å². The van der Waals surface area contributed by atoms with Gasteiger partial charge in [-0.3, -0.25) is 33.2 Å². The van der Waals surface area contributed by atoms with E-state index in [-0.39, 0.29) is 18.8 Å². The Morgan fingerprint density at radius 2 is 1.56 bits per heavy atom. The minimum atomic E-state index is -1.91. The van der Waals surface area contributed by atoms with Gasteiger partial charge in [-0.2, -0.15) is 0 Å². The summed E-state index contributed by atoms with van der Waals surface area (Å²) in [6.45, 7) is 6.51. The molecule has 0 aromatic carbocycles. The summed E-state index contributed by atoms with van der Waals surface area (Å²) in [5.41, 5.74) is -3.30. The van der Waals surface area contributed by atoms with Gasteiger partial charge in [0.25, 0.3) is 5.56 Å². The van der Waals surface area contributed by atoms with Crippen molar-refractivity contribution < 1.29 is 59.2 Å². The van der Waals surface area contributed by atoms with Gasteiger partial charge in [-0.1, -0.05) is 64.7 Å². The second-order valence-corrected chi connectivity index (χ2v) is 17.4. The van der Waals surface area contributed by atoms with E-state index >= 15 is 0 Å². The first-order chi connectivity index (χ1) is 29.7. The third-order valence-electron chi connectivity index (χ3n) is 11.4. The molecule has 2 saturated heterocycles. The average molecular weight is 900 g/mol. The molecular weight excluding hydrogens is 830 g/mol. The average Bonchev–Trinajstić information content (AvgIpc) is 3.74. The first kappa shape index (κ1) is 51.5. The van der Waals surface area contributed by atoms with Crippen LogP contribution in [0.15, 0.2) is 26.6 Å². The molecular formula is C41H69N7O15. The number of aromatic amines is 1. The second kappa shape index (κ2) is 23.2. The van der Waals surface area contributed by atoms with E-state index in [0.29, 0.717) is 6.42 Å². The fourth-order valence-electron chi connectivity index (χ4n) is 8.01. The number of hydrogen-bond acceptors (Lipinski definition) is 16. The largest absolute Gasteiger partial charge is 0.493 e. The predicted octanol–water partition coefficient (Wildman–Crippen LogP) is -0.581. The summed E-state index contributed by atoms with van der Waals surface area (Å²) in [5.74, 6) is -1.27. The van der Waals surface area contributed by atoms with Crippen LogP contribution in [-0.4, -0.2) is 154 Å². The van der Waals surface area contributed by atoms with Crippen LogP contribution in [0.2, 0.25) is 0 Å². The van der Waals surface area contributed by atoms with Gasteiger partial charge in [-0.05, 0) is 34.2 Å². The molecule has 0 radical (unpaired) electrons. The van der Waals surface area contributed by atoms with Gasteiger partial charge in [0.1, 0.15) is 66.2 Å². The SMILES string of the molecule is CCCCCCCCCCCCn1c(O)c([C@@H](O)CN(C)[C@H](C(=O)NC)[C@H](OC2OC(CNC(=O)OC(C)(C)C)C(O)C2O)C2OC(n3ccc(=O)[nH]c3=O)C(O)C2O)n(C)c1=O. The number of ether oxygens (including phenoxy) is 4. The number of amides is 2. The fourth-order valence-corrected chi connectivity index (χ4v) is 8.01. The standard InChI is InChI=1S/C41H69N7O15/c1-8-9-10-11-12-13-14-15-16-17-19-47-35(56)26(46(7)40(47)59)23(49)22-45(6)27(34(55)42-5)32(33-29(52)30(53)36(61-33)48-20-18-25(50)44-38(48)57)62-37-31(54)28(51)24(60-37)21-43-39(58)63-41(2,3)4/h18,20,23-24,27-33,36-37,49,51-54,56H,8-17,19,21-22H2,1-7H3,(H,42,55)(H,43,58)(H,44,50,57)/t23-,24?,27-,28?,29?,30?,31?,32-,33?,36?,37?/m0/s1. The van der Waals surface area contributed by atoms with E-state index in [1.165, 1.54) is 62.7 Å². The van der Waals surface area contributed by atoms with Crippen molar-refractivity contribution >= 4 is 12.0 Å². The number of aromatic hydroxyl groups is 1. The van der Waals surface area contributed by atoms with Crippen molar-refractivity contribution in [2.45, 2.75) is 171 Å². The van der Waals surface area contributed by atoms with E-state index < -0.39 is 114 Å². The first-order valence-electron chi connectivity index (χ1n) is 21.8. The molecule has 8 unspecified atom stereocenters. The molecule has 2 aromatic heterocycles. The van der Waals surface area contributed by atoms with E-state index in [1.54, 1.807) is 20.8 Å². The lowest BCUT2D eigenvalue weighted by atomic mass is 9.97. The Labute approximate surface area is 365 Å². The van der Waals surface area contributed by atoms with E-state index in [2.05, 4.69) is 17.6 Å². The Kier molecular flexibility index (Phi) is 18.9. The Hall–Kier alpha value is -4.13. The van der Waals surface area contributed by atoms with Crippen LogP contribution >= 0.6 is 0 Å². The number of alkyl carbamates (subject to hydrolysis) is 1. The quantitative estimate of drug-likeness (QED) is 0.0631. The number of H-pyrrole nitrogens is 1. The first-order valence-corrected chi connectivity index (χ1v) is 21.8. The number of carbonyl (C=O) groups is 2. The Balaban J connectivity index is 1.59. The summed E-state index contributed by atoms with van der Waals surface area (Å²) in [6.07, 6.45) is -6.14. The van der Waals surface area contributed by atoms with Crippen LogP contribution in [-0.2, 0) is 37.3 Å². The molecule has 0 saturated carbocycles. The molecule has 2 fully saturated rings. The summed E-state index contributed by atoms with van der Waals surface area (Å²) in [7, 11) is 4.05. The van der Waals surface area contributed by atoms with Crippen molar-refractivity contribution in [1.82, 2.24) is 34.2 Å². The molecule has 0 bridgehead atoms. The number of carbonyl (C=O) groups excluding carboxylic acids is 2. The van der Waals surface area contributed by atoms with Gasteiger partial charge >= 0.3 is 17.5 Å². The van der Waals surface area contributed by atoms with Crippen molar-refractivity contribution in [3.05, 3.63) is 49.3 Å².